The van der Waals surface area contributed by atoms with Gasteiger partial charge >= 0.3 is 0 Å². The van der Waals surface area contributed by atoms with Crippen LogP contribution in [-0.2, 0) is 17.8 Å². The van der Waals surface area contributed by atoms with Crippen molar-refractivity contribution in [2.24, 2.45) is 5.73 Å². The summed E-state index contributed by atoms with van der Waals surface area (Å²) in [6.07, 6.45) is 1.83. The van der Waals surface area contributed by atoms with Crippen molar-refractivity contribution < 1.29 is 9.47 Å². The Balaban J connectivity index is 2.84. The predicted molar refractivity (Wildman–Crippen MR) is 74.9 cm³/mol. The fourth-order valence-corrected chi connectivity index (χ4v) is 1.83. The molecule has 1 aromatic carbocycles. The molecule has 0 aromatic heterocycles. The first-order valence-electron chi connectivity index (χ1n) is 6.79. The van der Waals surface area contributed by atoms with Crippen LogP contribution in [0.1, 0.15) is 38.3 Å². The Morgan fingerprint density at radius 3 is 2.56 bits per heavy atom. The largest absolute Gasteiger partial charge is 0.494 e. The molecule has 0 aliphatic heterocycles. The number of benzene rings is 1. The molecule has 3 heteroatoms. The van der Waals surface area contributed by atoms with Gasteiger partial charge in [-0.1, -0.05) is 13.0 Å². The Kier molecular flexibility index (Phi) is 6.76. The average Bonchev–Trinajstić information content (AvgIpc) is 2.39. The summed E-state index contributed by atoms with van der Waals surface area (Å²) in [7, 11) is 0. The van der Waals surface area contributed by atoms with Gasteiger partial charge in [0.1, 0.15) is 5.75 Å². The third kappa shape index (κ3) is 4.67. The first kappa shape index (κ1) is 15.0. The molecule has 0 aliphatic carbocycles. The predicted octanol–water partition coefficient (Wildman–Crippen LogP) is 2.90. The van der Waals surface area contributed by atoms with Crippen LogP contribution in [0, 0.1) is 0 Å². The number of ether oxygens (including phenoxy) is 2. The fourth-order valence-electron chi connectivity index (χ4n) is 1.83. The summed E-state index contributed by atoms with van der Waals surface area (Å²) in [5, 5.41) is 0. The lowest BCUT2D eigenvalue weighted by Crippen LogP contribution is -2.21. The Bertz CT molecular complexity index is 352. The zero-order valence-electron chi connectivity index (χ0n) is 11.7. The van der Waals surface area contributed by atoms with Crippen molar-refractivity contribution in [3.8, 4) is 5.75 Å². The fraction of sp³-hybridized carbons (Fsp3) is 0.600. The standard InChI is InChI=1S/C15H25NO2/c1-4-14(16)10-13-9-12(11-17-5-2)7-8-15(13)18-6-3/h7-9,14H,4-6,10-11,16H2,1-3H3. The van der Waals surface area contributed by atoms with Gasteiger partial charge in [-0.2, -0.15) is 0 Å². The van der Waals surface area contributed by atoms with E-state index in [0.717, 1.165) is 25.2 Å². The molecule has 1 atom stereocenters. The highest BCUT2D eigenvalue weighted by Crippen LogP contribution is 2.22. The topological polar surface area (TPSA) is 44.5 Å². The van der Waals surface area contributed by atoms with Gasteiger partial charge in [-0.05, 0) is 49.9 Å². The summed E-state index contributed by atoms with van der Waals surface area (Å²) in [6.45, 7) is 8.17. The molecule has 0 fully saturated rings. The molecule has 18 heavy (non-hydrogen) atoms. The van der Waals surface area contributed by atoms with E-state index in [2.05, 4.69) is 19.1 Å². The molecule has 0 spiro atoms. The van der Waals surface area contributed by atoms with Crippen LogP contribution in [0.2, 0.25) is 0 Å². The van der Waals surface area contributed by atoms with Gasteiger partial charge in [-0.15, -0.1) is 0 Å². The van der Waals surface area contributed by atoms with Crippen molar-refractivity contribution in [1.29, 1.82) is 0 Å². The lowest BCUT2D eigenvalue weighted by molar-refractivity contribution is 0.134. The monoisotopic (exact) mass is 251 g/mol. The van der Waals surface area contributed by atoms with Crippen LogP contribution in [-0.4, -0.2) is 19.3 Å². The first-order chi connectivity index (χ1) is 8.71. The molecule has 0 bridgehead atoms. The molecule has 1 aromatic rings. The van der Waals surface area contributed by atoms with E-state index in [1.54, 1.807) is 0 Å². The van der Waals surface area contributed by atoms with E-state index in [1.807, 2.05) is 19.9 Å². The lowest BCUT2D eigenvalue weighted by atomic mass is 10.0. The first-order valence-corrected chi connectivity index (χ1v) is 6.79. The number of nitrogens with two attached hydrogens (primary N) is 1. The van der Waals surface area contributed by atoms with Crippen LogP contribution >= 0.6 is 0 Å². The van der Waals surface area contributed by atoms with Crippen molar-refractivity contribution >= 4 is 0 Å². The molecular weight excluding hydrogens is 226 g/mol. The highest BCUT2D eigenvalue weighted by molar-refractivity contribution is 5.37. The summed E-state index contributed by atoms with van der Waals surface area (Å²) in [5.41, 5.74) is 8.40. The summed E-state index contributed by atoms with van der Waals surface area (Å²) >= 11 is 0. The molecule has 0 saturated carbocycles. The van der Waals surface area contributed by atoms with E-state index < -0.39 is 0 Å². The van der Waals surface area contributed by atoms with Gasteiger partial charge in [-0.3, -0.25) is 0 Å². The zero-order chi connectivity index (χ0) is 13.4. The summed E-state index contributed by atoms with van der Waals surface area (Å²) in [6, 6.07) is 6.42. The molecule has 0 radical (unpaired) electrons. The summed E-state index contributed by atoms with van der Waals surface area (Å²) in [5.74, 6) is 0.946. The third-order valence-corrected chi connectivity index (χ3v) is 2.90. The summed E-state index contributed by atoms with van der Waals surface area (Å²) < 4.78 is 11.1. The minimum absolute atomic E-state index is 0.187. The van der Waals surface area contributed by atoms with Crippen LogP contribution in [0.5, 0.6) is 5.75 Å². The van der Waals surface area contributed by atoms with Crippen molar-refractivity contribution in [2.45, 2.75) is 46.3 Å². The highest BCUT2D eigenvalue weighted by atomic mass is 16.5. The van der Waals surface area contributed by atoms with E-state index in [0.29, 0.717) is 13.2 Å². The van der Waals surface area contributed by atoms with E-state index in [1.165, 1.54) is 11.1 Å². The van der Waals surface area contributed by atoms with Gasteiger partial charge in [0, 0.05) is 12.6 Å². The minimum Gasteiger partial charge on any atom is -0.494 e. The molecule has 102 valence electrons. The lowest BCUT2D eigenvalue weighted by Gasteiger charge is -2.15. The Morgan fingerprint density at radius 1 is 1.17 bits per heavy atom. The number of hydrogen-bond acceptors (Lipinski definition) is 3. The maximum Gasteiger partial charge on any atom is 0.122 e. The van der Waals surface area contributed by atoms with Crippen LogP contribution in [0.15, 0.2) is 18.2 Å². The molecule has 1 unspecified atom stereocenters. The van der Waals surface area contributed by atoms with Crippen LogP contribution in [0.3, 0.4) is 0 Å². The Labute approximate surface area is 110 Å². The van der Waals surface area contributed by atoms with Crippen molar-refractivity contribution in [3.63, 3.8) is 0 Å². The van der Waals surface area contributed by atoms with E-state index >= 15 is 0 Å². The molecule has 2 N–H and O–H groups in total. The maximum atomic E-state index is 6.03. The highest BCUT2D eigenvalue weighted by Gasteiger charge is 2.09. The molecule has 1 rings (SSSR count). The average molecular weight is 251 g/mol. The van der Waals surface area contributed by atoms with Crippen LogP contribution in [0.4, 0.5) is 0 Å². The summed E-state index contributed by atoms with van der Waals surface area (Å²) in [4.78, 5) is 0. The molecule has 0 heterocycles. The van der Waals surface area contributed by atoms with E-state index in [9.17, 15) is 0 Å². The molecule has 0 aliphatic rings. The van der Waals surface area contributed by atoms with Gasteiger partial charge in [0.15, 0.2) is 0 Å². The quantitative estimate of drug-likeness (QED) is 0.772. The van der Waals surface area contributed by atoms with Crippen molar-refractivity contribution in [2.75, 3.05) is 13.2 Å². The molecule has 3 nitrogen and oxygen atoms in total. The third-order valence-electron chi connectivity index (χ3n) is 2.90. The normalized spacial score (nSPS) is 12.4. The zero-order valence-corrected chi connectivity index (χ0v) is 11.7. The second-order valence-corrected chi connectivity index (χ2v) is 4.38. The number of hydrogen-bond donors (Lipinski definition) is 1. The molecule has 0 saturated heterocycles. The van der Waals surface area contributed by atoms with Gasteiger partial charge in [0.05, 0.1) is 13.2 Å². The second-order valence-electron chi connectivity index (χ2n) is 4.38. The van der Waals surface area contributed by atoms with Crippen molar-refractivity contribution in [3.05, 3.63) is 29.3 Å². The molecular formula is C15H25NO2. The minimum atomic E-state index is 0.187. The molecule has 0 amide bonds. The Morgan fingerprint density at radius 2 is 1.94 bits per heavy atom. The van der Waals surface area contributed by atoms with Crippen LogP contribution < -0.4 is 10.5 Å². The van der Waals surface area contributed by atoms with Gasteiger partial charge in [0.25, 0.3) is 0 Å². The SMILES string of the molecule is CCOCc1ccc(OCC)c(CC(N)CC)c1. The number of rotatable bonds is 8. The van der Waals surface area contributed by atoms with Crippen LogP contribution in [0.25, 0.3) is 0 Å². The van der Waals surface area contributed by atoms with E-state index in [4.69, 9.17) is 15.2 Å². The smallest absolute Gasteiger partial charge is 0.122 e. The maximum absolute atomic E-state index is 6.03. The van der Waals surface area contributed by atoms with E-state index in [-0.39, 0.29) is 6.04 Å². The van der Waals surface area contributed by atoms with Gasteiger partial charge < -0.3 is 15.2 Å². The van der Waals surface area contributed by atoms with Crippen molar-refractivity contribution in [1.82, 2.24) is 0 Å². The van der Waals surface area contributed by atoms with Gasteiger partial charge in [-0.25, -0.2) is 0 Å². The second kappa shape index (κ2) is 8.11. The Hall–Kier alpha value is -1.06. The van der Waals surface area contributed by atoms with Gasteiger partial charge in [0.2, 0.25) is 0 Å².